The van der Waals surface area contributed by atoms with Gasteiger partial charge in [-0.3, -0.25) is 0 Å². The minimum atomic E-state index is -0.138. The SMILES string of the molecule is CCN(CC)c1ccc(CNCC2(OC)CCOC2)cc1. The second-order valence-corrected chi connectivity index (χ2v) is 5.63. The standard InChI is InChI=1S/C17H28N2O2/c1-4-19(5-2)16-8-6-15(7-9-16)12-18-13-17(20-3)10-11-21-14-17/h6-9,18H,4-5,10-14H2,1-3H3. The monoisotopic (exact) mass is 292 g/mol. The minimum Gasteiger partial charge on any atom is -0.378 e. The summed E-state index contributed by atoms with van der Waals surface area (Å²) in [5.74, 6) is 0. The average molecular weight is 292 g/mol. The molecule has 4 heteroatoms. The quantitative estimate of drug-likeness (QED) is 0.798. The third-order valence-electron chi connectivity index (χ3n) is 4.34. The maximum Gasteiger partial charge on any atom is 0.106 e. The Morgan fingerprint density at radius 3 is 2.48 bits per heavy atom. The molecule has 1 heterocycles. The summed E-state index contributed by atoms with van der Waals surface area (Å²) in [6, 6.07) is 8.81. The lowest BCUT2D eigenvalue weighted by molar-refractivity contribution is -0.0159. The molecule has 4 nitrogen and oxygen atoms in total. The van der Waals surface area contributed by atoms with E-state index in [1.807, 2.05) is 0 Å². The van der Waals surface area contributed by atoms with Crippen molar-refractivity contribution >= 4 is 5.69 Å². The van der Waals surface area contributed by atoms with Crippen LogP contribution < -0.4 is 10.2 Å². The molecule has 118 valence electrons. The van der Waals surface area contributed by atoms with Crippen molar-refractivity contribution in [2.75, 3.05) is 44.9 Å². The molecule has 1 saturated heterocycles. The second kappa shape index (κ2) is 7.78. The molecule has 0 radical (unpaired) electrons. The summed E-state index contributed by atoms with van der Waals surface area (Å²) >= 11 is 0. The van der Waals surface area contributed by atoms with Crippen LogP contribution in [0.4, 0.5) is 5.69 Å². The zero-order chi connectivity index (χ0) is 15.1. The van der Waals surface area contributed by atoms with Crippen LogP contribution in [0.3, 0.4) is 0 Å². The van der Waals surface area contributed by atoms with E-state index in [0.29, 0.717) is 6.61 Å². The Morgan fingerprint density at radius 2 is 1.95 bits per heavy atom. The Balaban J connectivity index is 1.83. The molecule has 1 atom stereocenters. The number of ether oxygens (including phenoxy) is 2. The third kappa shape index (κ3) is 4.19. The molecule has 0 bridgehead atoms. The smallest absolute Gasteiger partial charge is 0.106 e. The van der Waals surface area contributed by atoms with Crippen LogP contribution in [0.1, 0.15) is 25.8 Å². The molecule has 1 aromatic rings. The first-order valence-electron chi connectivity index (χ1n) is 7.90. The molecule has 1 aliphatic rings. The highest BCUT2D eigenvalue weighted by molar-refractivity contribution is 5.47. The van der Waals surface area contributed by atoms with E-state index in [0.717, 1.165) is 39.2 Å². The first-order valence-corrected chi connectivity index (χ1v) is 7.90. The second-order valence-electron chi connectivity index (χ2n) is 5.63. The van der Waals surface area contributed by atoms with E-state index < -0.39 is 0 Å². The molecule has 1 fully saturated rings. The minimum absolute atomic E-state index is 0.138. The molecule has 0 aliphatic carbocycles. The van der Waals surface area contributed by atoms with Gasteiger partial charge in [-0.2, -0.15) is 0 Å². The normalized spacial score (nSPS) is 21.7. The number of hydrogen-bond acceptors (Lipinski definition) is 4. The van der Waals surface area contributed by atoms with Crippen molar-refractivity contribution in [2.45, 2.75) is 32.4 Å². The highest BCUT2D eigenvalue weighted by Gasteiger charge is 2.34. The summed E-state index contributed by atoms with van der Waals surface area (Å²) < 4.78 is 11.1. The van der Waals surface area contributed by atoms with Crippen molar-refractivity contribution in [1.82, 2.24) is 5.32 Å². The summed E-state index contributed by atoms with van der Waals surface area (Å²) in [5, 5.41) is 3.49. The molecule has 1 aromatic carbocycles. The molecule has 1 N–H and O–H groups in total. The van der Waals surface area contributed by atoms with Gasteiger partial charge in [0.25, 0.3) is 0 Å². The van der Waals surface area contributed by atoms with Crippen LogP contribution in [0.15, 0.2) is 24.3 Å². The Morgan fingerprint density at radius 1 is 1.24 bits per heavy atom. The van der Waals surface area contributed by atoms with Crippen LogP contribution in [-0.4, -0.2) is 45.6 Å². The average Bonchev–Trinajstić information content (AvgIpc) is 2.99. The highest BCUT2D eigenvalue weighted by atomic mass is 16.5. The van der Waals surface area contributed by atoms with Gasteiger partial charge < -0.3 is 19.7 Å². The van der Waals surface area contributed by atoms with Gasteiger partial charge in [0.05, 0.1) is 6.61 Å². The van der Waals surface area contributed by atoms with Crippen LogP contribution in [-0.2, 0) is 16.0 Å². The highest BCUT2D eigenvalue weighted by Crippen LogP contribution is 2.21. The van der Waals surface area contributed by atoms with Crippen LogP contribution in [0, 0.1) is 0 Å². The zero-order valence-corrected chi connectivity index (χ0v) is 13.5. The van der Waals surface area contributed by atoms with Crippen LogP contribution in [0.2, 0.25) is 0 Å². The Labute approximate surface area is 128 Å². The van der Waals surface area contributed by atoms with E-state index in [-0.39, 0.29) is 5.60 Å². The number of nitrogens with zero attached hydrogens (tertiary/aromatic N) is 1. The fourth-order valence-corrected chi connectivity index (χ4v) is 2.81. The van der Waals surface area contributed by atoms with Crippen molar-refractivity contribution in [2.24, 2.45) is 0 Å². The first-order chi connectivity index (χ1) is 10.2. The fraction of sp³-hybridized carbons (Fsp3) is 0.647. The van der Waals surface area contributed by atoms with Crippen molar-refractivity contribution in [1.29, 1.82) is 0 Å². The van der Waals surface area contributed by atoms with Crippen LogP contribution in [0.5, 0.6) is 0 Å². The predicted molar refractivity (Wildman–Crippen MR) is 86.9 cm³/mol. The van der Waals surface area contributed by atoms with Gasteiger partial charge in [-0.05, 0) is 31.5 Å². The van der Waals surface area contributed by atoms with Crippen molar-refractivity contribution < 1.29 is 9.47 Å². The molecular weight excluding hydrogens is 264 g/mol. The molecule has 1 aliphatic heterocycles. The topological polar surface area (TPSA) is 33.7 Å². The summed E-state index contributed by atoms with van der Waals surface area (Å²) in [4.78, 5) is 2.35. The number of hydrogen-bond donors (Lipinski definition) is 1. The predicted octanol–water partition coefficient (Wildman–Crippen LogP) is 2.43. The van der Waals surface area contributed by atoms with Gasteiger partial charge in [-0.15, -0.1) is 0 Å². The molecular formula is C17H28N2O2. The maximum atomic E-state index is 5.62. The van der Waals surface area contributed by atoms with E-state index in [1.165, 1.54) is 11.3 Å². The molecule has 0 spiro atoms. The number of benzene rings is 1. The summed E-state index contributed by atoms with van der Waals surface area (Å²) in [6.45, 7) is 9.66. The molecule has 0 saturated carbocycles. The first kappa shape index (κ1) is 16.3. The molecule has 1 unspecified atom stereocenters. The molecule has 2 rings (SSSR count). The van der Waals surface area contributed by atoms with E-state index in [9.17, 15) is 0 Å². The van der Waals surface area contributed by atoms with Gasteiger partial charge in [-0.1, -0.05) is 12.1 Å². The molecule has 0 aromatic heterocycles. The largest absolute Gasteiger partial charge is 0.378 e. The fourth-order valence-electron chi connectivity index (χ4n) is 2.81. The van der Waals surface area contributed by atoms with Gasteiger partial charge >= 0.3 is 0 Å². The Hall–Kier alpha value is -1.10. The van der Waals surface area contributed by atoms with E-state index in [2.05, 4.69) is 48.3 Å². The van der Waals surface area contributed by atoms with Gasteiger partial charge in [-0.25, -0.2) is 0 Å². The van der Waals surface area contributed by atoms with E-state index in [1.54, 1.807) is 7.11 Å². The lowest BCUT2D eigenvalue weighted by Crippen LogP contribution is -2.42. The van der Waals surface area contributed by atoms with Gasteiger partial charge in [0.2, 0.25) is 0 Å². The van der Waals surface area contributed by atoms with E-state index in [4.69, 9.17) is 9.47 Å². The van der Waals surface area contributed by atoms with Crippen LogP contribution in [0.25, 0.3) is 0 Å². The number of nitrogens with one attached hydrogen (secondary N) is 1. The number of anilines is 1. The Kier molecular flexibility index (Phi) is 6.03. The molecule has 0 amide bonds. The van der Waals surface area contributed by atoms with Crippen molar-refractivity contribution in [3.05, 3.63) is 29.8 Å². The third-order valence-corrected chi connectivity index (χ3v) is 4.34. The summed E-state index contributed by atoms with van der Waals surface area (Å²) in [7, 11) is 1.77. The number of methoxy groups -OCH3 is 1. The summed E-state index contributed by atoms with van der Waals surface area (Å²) in [5.41, 5.74) is 2.46. The Bertz CT molecular complexity index is 409. The van der Waals surface area contributed by atoms with Crippen LogP contribution >= 0.6 is 0 Å². The van der Waals surface area contributed by atoms with Gasteiger partial charge in [0, 0.05) is 52.0 Å². The lowest BCUT2D eigenvalue weighted by Gasteiger charge is -2.26. The lowest BCUT2D eigenvalue weighted by atomic mass is 10.0. The molecule has 21 heavy (non-hydrogen) atoms. The zero-order valence-electron chi connectivity index (χ0n) is 13.5. The van der Waals surface area contributed by atoms with Gasteiger partial charge in [0.1, 0.15) is 5.60 Å². The van der Waals surface area contributed by atoms with Crippen molar-refractivity contribution in [3.63, 3.8) is 0 Å². The van der Waals surface area contributed by atoms with Gasteiger partial charge in [0.15, 0.2) is 0 Å². The summed E-state index contributed by atoms with van der Waals surface area (Å²) in [6.07, 6.45) is 0.970. The number of rotatable bonds is 8. The van der Waals surface area contributed by atoms with Crippen molar-refractivity contribution in [3.8, 4) is 0 Å². The maximum absolute atomic E-state index is 5.62. The van der Waals surface area contributed by atoms with E-state index >= 15 is 0 Å².